The summed E-state index contributed by atoms with van der Waals surface area (Å²) in [6.45, 7) is 0. The molecule has 0 aliphatic rings. The van der Waals surface area contributed by atoms with Crippen LogP contribution in [0.25, 0.3) is 23.0 Å². The topological polar surface area (TPSA) is 76.2 Å². The summed E-state index contributed by atoms with van der Waals surface area (Å²) >= 11 is 4.90. The van der Waals surface area contributed by atoms with Gasteiger partial charge in [0.2, 0.25) is 5.82 Å². The zero-order valence-electron chi connectivity index (χ0n) is 11.8. The number of hydrogen-bond donors (Lipinski definition) is 1. The minimum atomic E-state index is -0.955. The van der Waals surface area contributed by atoms with Gasteiger partial charge in [0.25, 0.3) is 5.89 Å². The van der Waals surface area contributed by atoms with Gasteiger partial charge in [-0.15, -0.1) is 0 Å². The Morgan fingerprint density at radius 2 is 2.09 bits per heavy atom. The molecule has 23 heavy (non-hydrogen) atoms. The van der Waals surface area contributed by atoms with Crippen molar-refractivity contribution in [2.45, 2.75) is 6.42 Å². The van der Waals surface area contributed by atoms with Crippen molar-refractivity contribution in [1.29, 1.82) is 0 Å². The highest BCUT2D eigenvalue weighted by atomic mass is 79.9. The van der Waals surface area contributed by atoms with Crippen LogP contribution in [0.4, 0.5) is 0 Å². The minimum absolute atomic E-state index is 0.193. The van der Waals surface area contributed by atoms with E-state index in [1.54, 1.807) is 6.08 Å². The molecule has 0 atom stereocenters. The first-order valence-electron chi connectivity index (χ1n) is 6.66. The first kappa shape index (κ1) is 15.6. The minimum Gasteiger partial charge on any atom is -0.481 e. The molecule has 2 heterocycles. The smallest absolute Gasteiger partial charge is 0.308 e. The van der Waals surface area contributed by atoms with Gasteiger partial charge in [-0.3, -0.25) is 4.79 Å². The van der Waals surface area contributed by atoms with Gasteiger partial charge in [-0.25, -0.2) is 0 Å². The molecule has 0 saturated carbocycles. The lowest BCUT2D eigenvalue weighted by molar-refractivity contribution is -0.135. The Hall–Kier alpha value is -2.25. The summed E-state index contributed by atoms with van der Waals surface area (Å²) in [6.07, 6.45) is 1.55. The van der Waals surface area contributed by atoms with Gasteiger partial charge in [-0.05, 0) is 35.2 Å². The lowest BCUT2D eigenvalue weighted by atomic mass is 10.1. The van der Waals surface area contributed by atoms with Crippen molar-refractivity contribution in [3.63, 3.8) is 0 Å². The van der Waals surface area contributed by atoms with Crippen LogP contribution in [0.15, 0.2) is 50.1 Å². The summed E-state index contributed by atoms with van der Waals surface area (Å²) in [5, 5.41) is 16.9. The second-order valence-corrected chi connectivity index (χ2v) is 6.42. The predicted molar refractivity (Wildman–Crippen MR) is 91.9 cm³/mol. The van der Waals surface area contributed by atoms with E-state index in [0.717, 1.165) is 15.6 Å². The standard InChI is InChI=1S/C16H11BrN2O3S/c17-13-3-1-10(2-4-13)7-12(8-14(20)21)16-18-15(19-22-16)11-5-6-23-9-11/h1-7,9H,8H2,(H,20,21)/b12-7+. The molecule has 5 nitrogen and oxygen atoms in total. The zero-order chi connectivity index (χ0) is 16.2. The SMILES string of the molecule is O=C(O)C/C(=C\c1ccc(Br)cc1)c1nc(-c2ccsc2)no1. The molecule has 0 saturated heterocycles. The number of halogens is 1. The molecule has 1 N–H and O–H groups in total. The van der Waals surface area contributed by atoms with Crippen LogP contribution >= 0.6 is 27.3 Å². The van der Waals surface area contributed by atoms with Gasteiger partial charge >= 0.3 is 5.97 Å². The largest absolute Gasteiger partial charge is 0.481 e. The maximum absolute atomic E-state index is 11.1. The summed E-state index contributed by atoms with van der Waals surface area (Å²) in [5.41, 5.74) is 2.18. The van der Waals surface area contributed by atoms with Gasteiger partial charge in [-0.1, -0.05) is 33.2 Å². The molecule has 3 aromatic rings. The van der Waals surface area contributed by atoms with E-state index in [-0.39, 0.29) is 12.3 Å². The molecule has 0 aliphatic heterocycles. The van der Waals surface area contributed by atoms with E-state index in [1.807, 2.05) is 41.1 Å². The molecule has 0 amide bonds. The highest BCUT2D eigenvalue weighted by Crippen LogP contribution is 2.25. The van der Waals surface area contributed by atoms with Crippen LogP contribution in [-0.4, -0.2) is 21.2 Å². The Labute approximate surface area is 144 Å². The second kappa shape index (κ2) is 6.89. The molecule has 0 bridgehead atoms. The van der Waals surface area contributed by atoms with E-state index in [2.05, 4.69) is 26.1 Å². The Kier molecular flexibility index (Phi) is 4.68. The van der Waals surface area contributed by atoms with E-state index in [9.17, 15) is 4.79 Å². The van der Waals surface area contributed by atoms with Crippen molar-refractivity contribution in [2.75, 3.05) is 0 Å². The van der Waals surface area contributed by atoms with Crippen molar-refractivity contribution in [1.82, 2.24) is 10.1 Å². The average molecular weight is 391 g/mol. The summed E-state index contributed by atoms with van der Waals surface area (Å²) < 4.78 is 6.20. The van der Waals surface area contributed by atoms with Gasteiger partial charge in [0, 0.05) is 21.0 Å². The molecule has 0 fully saturated rings. The van der Waals surface area contributed by atoms with Gasteiger partial charge in [0.05, 0.1) is 6.42 Å². The van der Waals surface area contributed by atoms with Crippen LogP contribution in [0.1, 0.15) is 17.9 Å². The molecule has 1 aromatic carbocycles. The van der Waals surface area contributed by atoms with E-state index in [4.69, 9.17) is 9.63 Å². The van der Waals surface area contributed by atoms with Crippen molar-refractivity contribution in [3.05, 3.63) is 57.0 Å². The molecule has 7 heteroatoms. The van der Waals surface area contributed by atoms with Gasteiger partial charge in [0.15, 0.2) is 0 Å². The number of benzene rings is 1. The highest BCUT2D eigenvalue weighted by Gasteiger charge is 2.16. The van der Waals surface area contributed by atoms with E-state index in [1.165, 1.54) is 11.3 Å². The van der Waals surface area contributed by atoms with Crippen LogP contribution in [0.5, 0.6) is 0 Å². The van der Waals surface area contributed by atoms with Crippen molar-refractivity contribution >= 4 is 44.9 Å². The molecule has 0 unspecified atom stereocenters. The second-order valence-electron chi connectivity index (χ2n) is 4.73. The Morgan fingerprint density at radius 1 is 1.30 bits per heavy atom. The highest BCUT2D eigenvalue weighted by molar-refractivity contribution is 9.10. The Morgan fingerprint density at radius 3 is 2.74 bits per heavy atom. The lowest BCUT2D eigenvalue weighted by Crippen LogP contribution is -1.97. The van der Waals surface area contributed by atoms with Crippen LogP contribution in [-0.2, 0) is 4.79 Å². The molecular formula is C16H11BrN2O3S. The fourth-order valence-corrected chi connectivity index (χ4v) is 2.87. The molecule has 0 radical (unpaired) electrons. The summed E-state index contributed by atoms with van der Waals surface area (Å²) in [4.78, 5) is 15.4. The number of carbonyl (C=O) groups is 1. The molecule has 116 valence electrons. The number of rotatable bonds is 5. The van der Waals surface area contributed by atoms with Crippen LogP contribution in [0, 0.1) is 0 Å². The van der Waals surface area contributed by atoms with Gasteiger partial charge < -0.3 is 9.63 Å². The molecule has 0 spiro atoms. The van der Waals surface area contributed by atoms with Gasteiger partial charge in [0.1, 0.15) is 0 Å². The van der Waals surface area contributed by atoms with Gasteiger partial charge in [-0.2, -0.15) is 16.3 Å². The Bertz CT molecular complexity index is 839. The Balaban J connectivity index is 1.96. The van der Waals surface area contributed by atoms with Crippen molar-refractivity contribution in [3.8, 4) is 11.4 Å². The average Bonchev–Trinajstić information content (AvgIpc) is 3.19. The van der Waals surface area contributed by atoms with Crippen LogP contribution in [0.3, 0.4) is 0 Å². The third-order valence-electron chi connectivity index (χ3n) is 3.03. The predicted octanol–water partition coefficient (Wildman–Crippen LogP) is 4.58. The first-order chi connectivity index (χ1) is 11.1. The summed E-state index contributed by atoms with van der Waals surface area (Å²) in [5.74, 6) is -0.284. The third kappa shape index (κ3) is 3.94. The molecule has 0 aliphatic carbocycles. The number of nitrogens with zero attached hydrogens (tertiary/aromatic N) is 2. The third-order valence-corrected chi connectivity index (χ3v) is 4.24. The first-order valence-corrected chi connectivity index (χ1v) is 8.40. The maximum Gasteiger partial charge on any atom is 0.308 e. The number of aromatic nitrogens is 2. The van der Waals surface area contributed by atoms with Crippen molar-refractivity contribution in [2.24, 2.45) is 0 Å². The monoisotopic (exact) mass is 390 g/mol. The lowest BCUT2D eigenvalue weighted by Gasteiger charge is -2.00. The summed E-state index contributed by atoms with van der Waals surface area (Å²) in [7, 11) is 0. The number of carboxylic acid groups (broad SMARTS) is 1. The van der Waals surface area contributed by atoms with Crippen LogP contribution < -0.4 is 0 Å². The number of thiophene rings is 1. The molecule has 2 aromatic heterocycles. The molecular weight excluding hydrogens is 380 g/mol. The fourth-order valence-electron chi connectivity index (χ4n) is 1.97. The van der Waals surface area contributed by atoms with E-state index in [0.29, 0.717) is 11.4 Å². The van der Waals surface area contributed by atoms with E-state index < -0.39 is 5.97 Å². The van der Waals surface area contributed by atoms with Crippen molar-refractivity contribution < 1.29 is 14.4 Å². The number of aliphatic carboxylic acids is 1. The van der Waals surface area contributed by atoms with Crippen LogP contribution in [0.2, 0.25) is 0 Å². The van der Waals surface area contributed by atoms with E-state index >= 15 is 0 Å². The summed E-state index contributed by atoms with van der Waals surface area (Å²) in [6, 6.07) is 9.41. The quantitative estimate of drug-likeness (QED) is 0.689. The maximum atomic E-state index is 11.1. The number of carboxylic acids is 1. The fraction of sp³-hybridized carbons (Fsp3) is 0.0625. The zero-order valence-corrected chi connectivity index (χ0v) is 14.2. The molecule has 3 rings (SSSR count). The normalized spacial score (nSPS) is 11.6. The number of hydrogen-bond acceptors (Lipinski definition) is 5.